The minimum absolute atomic E-state index is 0.00875. The first-order valence-corrected chi connectivity index (χ1v) is 16.3. The van der Waals surface area contributed by atoms with E-state index in [-0.39, 0.29) is 12.8 Å². The lowest BCUT2D eigenvalue weighted by Gasteiger charge is -2.31. The van der Waals surface area contributed by atoms with Crippen molar-refractivity contribution in [2.24, 2.45) is 10.8 Å². The van der Waals surface area contributed by atoms with Crippen LogP contribution in [0.3, 0.4) is 0 Å². The van der Waals surface area contributed by atoms with Crippen molar-refractivity contribution in [3.05, 3.63) is 75.9 Å². The maximum atomic E-state index is 12.6. The normalized spacial score (nSPS) is 10.6. The summed E-state index contributed by atoms with van der Waals surface area (Å²) < 4.78 is 41.3. The molecule has 0 saturated heterocycles. The zero-order valence-electron chi connectivity index (χ0n) is 29.8. The van der Waals surface area contributed by atoms with Crippen LogP contribution in [0.25, 0.3) is 0 Å². The van der Waals surface area contributed by atoms with Gasteiger partial charge in [0.25, 0.3) is 0 Å². The predicted molar refractivity (Wildman–Crippen MR) is 186 cm³/mol. The highest BCUT2D eigenvalue weighted by Crippen LogP contribution is 2.24. The minimum atomic E-state index is -1.44. The van der Waals surface area contributed by atoms with E-state index in [0.717, 1.165) is 36.5 Å². The number of unbranched alkanes of at least 4 members (excludes halogenated alkanes) is 4. The van der Waals surface area contributed by atoms with Crippen molar-refractivity contribution in [1.29, 1.82) is 0 Å². The fourth-order valence-electron chi connectivity index (χ4n) is 3.88. The van der Waals surface area contributed by atoms with Crippen LogP contribution >= 0.6 is 0 Å². The standard InChI is InChI=1S/C37H48O16/c1-7-28(38)46-20-36(21-47-29(39)8-2,22-48-30(40)9-3)26-52-34(44)18-16-14-13-15-17-19-35(45)53-27-37(23-49-31(41)10-4,24-50-32(42)11-5)25-51-33(43)12-6/h7-12H,1-6,13-27H2. The first kappa shape index (κ1) is 47.2. The fraction of sp³-hybridized carbons (Fsp3) is 0.459. The van der Waals surface area contributed by atoms with Crippen molar-refractivity contribution in [2.75, 3.05) is 52.9 Å². The van der Waals surface area contributed by atoms with E-state index in [1.54, 1.807) is 0 Å². The van der Waals surface area contributed by atoms with Crippen molar-refractivity contribution < 1.29 is 76.3 Å². The molecule has 0 aliphatic heterocycles. The van der Waals surface area contributed by atoms with Gasteiger partial charge in [-0.05, 0) is 12.8 Å². The van der Waals surface area contributed by atoms with Gasteiger partial charge in [0.15, 0.2) is 0 Å². The third-order valence-corrected chi connectivity index (χ3v) is 6.96. The average Bonchev–Trinajstić information content (AvgIpc) is 3.17. The van der Waals surface area contributed by atoms with E-state index in [0.29, 0.717) is 32.1 Å². The number of carbonyl (C=O) groups is 8. The van der Waals surface area contributed by atoms with Crippen LogP contribution in [0.15, 0.2) is 75.9 Å². The molecule has 0 aromatic heterocycles. The molecule has 0 bridgehead atoms. The smallest absolute Gasteiger partial charge is 0.330 e. The van der Waals surface area contributed by atoms with Gasteiger partial charge in [-0.3, -0.25) is 9.59 Å². The Balaban J connectivity index is 5.07. The second-order valence-corrected chi connectivity index (χ2v) is 11.5. The number of hydrogen-bond donors (Lipinski definition) is 0. The predicted octanol–water partition coefficient (Wildman–Crippen LogP) is 3.15. The third-order valence-electron chi connectivity index (χ3n) is 6.96. The van der Waals surface area contributed by atoms with Gasteiger partial charge >= 0.3 is 47.8 Å². The zero-order chi connectivity index (χ0) is 40.1. The molecule has 0 spiro atoms. The molecule has 0 atom stereocenters. The molecule has 0 aromatic rings. The van der Waals surface area contributed by atoms with Crippen LogP contribution in [0, 0.1) is 10.8 Å². The Hall–Kier alpha value is -5.80. The Morgan fingerprint density at radius 1 is 0.321 bits per heavy atom. The topological polar surface area (TPSA) is 210 Å². The highest BCUT2D eigenvalue weighted by molar-refractivity contribution is 5.83. The molecule has 53 heavy (non-hydrogen) atoms. The maximum Gasteiger partial charge on any atom is 0.330 e. The quantitative estimate of drug-likeness (QED) is 0.0447. The molecular weight excluding hydrogens is 700 g/mol. The van der Waals surface area contributed by atoms with E-state index in [2.05, 4.69) is 39.5 Å². The summed E-state index contributed by atoms with van der Waals surface area (Å²) in [6.45, 7) is 16.3. The van der Waals surface area contributed by atoms with E-state index < -0.39 is 111 Å². The van der Waals surface area contributed by atoms with E-state index in [1.165, 1.54) is 0 Å². The summed E-state index contributed by atoms with van der Waals surface area (Å²) in [4.78, 5) is 95.5. The van der Waals surface area contributed by atoms with Crippen LogP contribution in [0.1, 0.15) is 44.9 Å². The van der Waals surface area contributed by atoms with Gasteiger partial charge in [-0.2, -0.15) is 0 Å². The monoisotopic (exact) mass is 748 g/mol. The molecule has 292 valence electrons. The summed E-state index contributed by atoms with van der Waals surface area (Å²) in [6.07, 6.45) is 8.14. The van der Waals surface area contributed by atoms with E-state index in [9.17, 15) is 38.4 Å². The third kappa shape index (κ3) is 21.9. The lowest BCUT2D eigenvalue weighted by atomic mass is 9.92. The summed E-state index contributed by atoms with van der Waals surface area (Å²) in [6, 6.07) is 0. The van der Waals surface area contributed by atoms with Gasteiger partial charge in [-0.25, -0.2) is 28.8 Å². The van der Waals surface area contributed by atoms with E-state index in [4.69, 9.17) is 37.9 Å². The second kappa shape index (κ2) is 26.9. The summed E-state index contributed by atoms with van der Waals surface area (Å²) in [7, 11) is 0. The molecule has 0 aliphatic carbocycles. The van der Waals surface area contributed by atoms with Gasteiger partial charge in [-0.15, -0.1) is 0 Å². The van der Waals surface area contributed by atoms with Crippen LogP contribution in [0.5, 0.6) is 0 Å². The van der Waals surface area contributed by atoms with Crippen molar-refractivity contribution >= 4 is 47.8 Å². The van der Waals surface area contributed by atoms with Gasteiger partial charge in [0.2, 0.25) is 0 Å². The number of ether oxygens (including phenoxy) is 8. The highest BCUT2D eigenvalue weighted by Gasteiger charge is 2.38. The summed E-state index contributed by atoms with van der Waals surface area (Å²) in [5, 5.41) is 0. The van der Waals surface area contributed by atoms with Crippen molar-refractivity contribution in [3.63, 3.8) is 0 Å². The Labute approximate surface area is 308 Å². The summed E-state index contributed by atoms with van der Waals surface area (Å²) in [5.41, 5.74) is -2.88. The SMILES string of the molecule is C=CC(=O)OCC(COC(=O)C=C)(COC(=O)C=C)COC(=O)CCCCCCCC(=O)OCC(COC(=O)C=C)(COC(=O)C=C)COC(=O)C=C. The molecule has 16 heteroatoms. The Morgan fingerprint density at radius 3 is 0.717 bits per heavy atom. The molecule has 16 nitrogen and oxygen atoms in total. The lowest BCUT2D eigenvalue weighted by Crippen LogP contribution is -2.43. The average molecular weight is 749 g/mol. The minimum Gasteiger partial charge on any atom is -0.465 e. The molecule has 0 fully saturated rings. The largest absolute Gasteiger partial charge is 0.465 e. The molecule has 0 N–H and O–H groups in total. The van der Waals surface area contributed by atoms with E-state index >= 15 is 0 Å². The first-order valence-electron chi connectivity index (χ1n) is 16.3. The molecule has 0 rings (SSSR count). The second-order valence-electron chi connectivity index (χ2n) is 11.5. The highest BCUT2D eigenvalue weighted by atomic mass is 16.6. The zero-order valence-corrected chi connectivity index (χ0v) is 29.8. The number of carbonyl (C=O) groups excluding carboxylic acids is 8. The Morgan fingerprint density at radius 2 is 0.509 bits per heavy atom. The fourth-order valence-corrected chi connectivity index (χ4v) is 3.88. The molecule has 0 amide bonds. The molecule has 0 aliphatic rings. The summed E-state index contributed by atoms with van der Waals surface area (Å²) >= 11 is 0. The van der Waals surface area contributed by atoms with Crippen molar-refractivity contribution in [2.45, 2.75) is 44.9 Å². The maximum absolute atomic E-state index is 12.6. The van der Waals surface area contributed by atoms with Gasteiger partial charge in [0.1, 0.15) is 63.7 Å². The van der Waals surface area contributed by atoms with Crippen LogP contribution < -0.4 is 0 Å². The van der Waals surface area contributed by atoms with Crippen molar-refractivity contribution in [1.82, 2.24) is 0 Å². The van der Waals surface area contributed by atoms with Crippen LogP contribution in [-0.4, -0.2) is 101 Å². The summed E-state index contributed by atoms with van der Waals surface area (Å²) in [5.74, 6) is -6.08. The Kier molecular flexibility index (Phi) is 24.0. The molecule has 0 unspecified atom stereocenters. The van der Waals surface area contributed by atoms with Gasteiger partial charge in [0, 0.05) is 49.3 Å². The molecule has 0 aromatic carbocycles. The molecular formula is C37H48O16. The van der Waals surface area contributed by atoms with Gasteiger partial charge in [0.05, 0.1) is 0 Å². The number of rotatable bonds is 30. The Bertz CT molecular complexity index is 1120. The first-order chi connectivity index (χ1) is 25.2. The van der Waals surface area contributed by atoms with Crippen LogP contribution in [0.2, 0.25) is 0 Å². The van der Waals surface area contributed by atoms with Crippen LogP contribution in [-0.2, 0) is 76.3 Å². The van der Waals surface area contributed by atoms with E-state index in [1.807, 2.05) is 0 Å². The van der Waals surface area contributed by atoms with Gasteiger partial charge < -0.3 is 37.9 Å². The van der Waals surface area contributed by atoms with Crippen LogP contribution in [0.4, 0.5) is 0 Å². The number of hydrogen-bond acceptors (Lipinski definition) is 16. The lowest BCUT2D eigenvalue weighted by molar-refractivity contribution is -0.169. The van der Waals surface area contributed by atoms with Crippen molar-refractivity contribution in [3.8, 4) is 0 Å². The molecule has 0 heterocycles. The molecule has 0 radical (unpaired) electrons. The number of esters is 8. The van der Waals surface area contributed by atoms with Gasteiger partial charge in [-0.1, -0.05) is 58.7 Å². The molecule has 0 saturated carbocycles.